The Balaban J connectivity index is 0.000000235. The van der Waals surface area contributed by atoms with Crippen LogP contribution in [0, 0.1) is 11.8 Å². The Hall–Kier alpha value is -6.28. The second-order valence-corrected chi connectivity index (χ2v) is 38.4. The van der Waals surface area contributed by atoms with Crippen molar-refractivity contribution in [3.8, 4) is 0 Å². The molecule has 8 fully saturated rings. The maximum Gasteiger partial charge on any atom is 0.401 e. The Kier molecular flexibility index (Phi) is 53.7. The van der Waals surface area contributed by atoms with E-state index in [2.05, 4.69) is 194 Å². The van der Waals surface area contributed by atoms with Gasteiger partial charge >= 0.3 is 12.4 Å². The van der Waals surface area contributed by atoms with Crippen molar-refractivity contribution in [2.75, 3.05) is 239 Å². The van der Waals surface area contributed by atoms with Crippen molar-refractivity contribution in [3.63, 3.8) is 0 Å². The van der Waals surface area contributed by atoms with Crippen molar-refractivity contribution in [2.24, 2.45) is 11.8 Å². The third-order valence-corrected chi connectivity index (χ3v) is 28.3. The van der Waals surface area contributed by atoms with Gasteiger partial charge in [0.2, 0.25) is 11.8 Å². The number of halogens is 7. The molecule has 13 rings (SSSR count). The quantitative estimate of drug-likeness (QED) is 0.0325. The van der Waals surface area contributed by atoms with Crippen LogP contribution in [0.25, 0.3) is 0 Å². The lowest BCUT2D eigenvalue weighted by Gasteiger charge is -2.46. The molecule has 760 valence electrons. The maximum atomic E-state index is 12.8. The van der Waals surface area contributed by atoms with Crippen molar-refractivity contribution in [2.45, 2.75) is 258 Å². The molecule has 0 bridgehead atoms. The summed E-state index contributed by atoms with van der Waals surface area (Å²) >= 11 is 0. The smallest absolute Gasteiger partial charge is 0.401 e. The molecular weight excluding hydrogens is 1710 g/mol. The highest BCUT2D eigenvalue weighted by Gasteiger charge is 2.40. The predicted octanol–water partition coefficient (Wildman–Crippen LogP) is 14.9. The Morgan fingerprint density at radius 2 is 0.782 bits per heavy atom. The minimum absolute atomic E-state index is 0.00183. The maximum absolute atomic E-state index is 12.8. The highest BCUT2D eigenvalue weighted by molar-refractivity contribution is 5.74. The average Bonchev–Trinajstić information content (AvgIpc) is 1.55. The number of hydrogen-bond donors (Lipinski definition) is 1. The molecule has 8 saturated heterocycles. The van der Waals surface area contributed by atoms with Gasteiger partial charge < -0.3 is 77.1 Å². The van der Waals surface area contributed by atoms with Crippen molar-refractivity contribution in [1.29, 1.82) is 0 Å². The van der Waals surface area contributed by atoms with Crippen LogP contribution in [-0.4, -0.2) is 400 Å². The molecule has 1 atom stereocenters. The van der Waals surface area contributed by atoms with E-state index in [1.165, 1.54) is 139 Å². The fourth-order valence-corrected chi connectivity index (χ4v) is 20.2. The molecule has 0 radical (unpaired) electrons. The monoisotopic (exact) mass is 1890 g/mol. The van der Waals surface area contributed by atoms with Gasteiger partial charge in [0.15, 0.2) is 19.2 Å². The van der Waals surface area contributed by atoms with E-state index in [0.717, 1.165) is 167 Å². The molecule has 1 unspecified atom stereocenters. The fourth-order valence-electron chi connectivity index (χ4n) is 20.2. The number of aliphatic hydroxyl groups excluding tert-OH is 1. The van der Waals surface area contributed by atoms with E-state index in [1.807, 2.05) is 61.6 Å². The van der Waals surface area contributed by atoms with Crippen LogP contribution in [0.3, 0.4) is 0 Å². The molecule has 8 aliphatic rings. The number of nitrogens with zero attached hydrogens (tertiary/aromatic N) is 19. The highest BCUT2D eigenvalue weighted by atomic mass is 19.4. The van der Waals surface area contributed by atoms with Crippen LogP contribution in [0.1, 0.15) is 194 Å². The zero-order chi connectivity index (χ0) is 97.5. The van der Waals surface area contributed by atoms with E-state index >= 15 is 0 Å². The van der Waals surface area contributed by atoms with E-state index in [1.54, 1.807) is 32.1 Å². The normalized spacial score (nSPS) is 19.5. The number of carbonyl (C=O) groups excluding carboxylic acids is 2. The summed E-state index contributed by atoms with van der Waals surface area (Å²) < 4.78 is 105. The van der Waals surface area contributed by atoms with Crippen molar-refractivity contribution >= 4 is 17.5 Å². The molecule has 2 amide bonds. The number of amides is 2. The number of aromatic nitrogens is 3. The number of carbonyl (C=O) groups is 2. The number of likely N-dealkylation sites (tertiary alicyclic amines) is 8. The first-order valence-corrected chi connectivity index (χ1v) is 49.6. The third kappa shape index (κ3) is 43.3. The minimum Gasteiger partial charge on any atom is -0.447 e. The summed E-state index contributed by atoms with van der Waals surface area (Å²) in [5, 5.41) is 11.3. The first-order chi connectivity index (χ1) is 63.5. The van der Waals surface area contributed by atoms with Gasteiger partial charge in [0, 0.05) is 107 Å². The Labute approximate surface area is 795 Å². The summed E-state index contributed by atoms with van der Waals surface area (Å²) in [6, 6.07) is 22.6. The zero-order valence-electron chi connectivity index (χ0n) is 84.7. The van der Waals surface area contributed by atoms with Crippen LogP contribution >= 0.6 is 0 Å². The number of para-hydroxylation sites is 1. The number of piperidine rings is 8. The molecule has 11 heterocycles. The van der Waals surface area contributed by atoms with E-state index in [0.29, 0.717) is 67.4 Å². The van der Waals surface area contributed by atoms with Gasteiger partial charge in [0.1, 0.15) is 24.0 Å². The Morgan fingerprint density at radius 3 is 1.11 bits per heavy atom. The van der Waals surface area contributed by atoms with Crippen LogP contribution in [0.15, 0.2) is 112 Å². The van der Waals surface area contributed by atoms with Crippen LogP contribution in [0.4, 0.5) is 36.4 Å². The van der Waals surface area contributed by atoms with E-state index in [4.69, 9.17) is 18.1 Å². The molecule has 8 aliphatic heterocycles. The van der Waals surface area contributed by atoms with E-state index < -0.39 is 25.4 Å². The van der Waals surface area contributed by atoms with Crippen LogP contribution < -0.4 is 4.90 Å². The number of anilines is 1. The largest absolute Gasteiger partial charge is 0.447 e. The summed E-state index contributed by atoms with van der Waals surface area (Å²) in [5.41, 5.74) is 2.17. The molecule has 0 spiro atoms. The van der Waals surface area contributed by atoms with Crippen LogP contribution in [-0.2, 0) is 40.6 Å². The van der Waals surface area contributed by atoms with Gasteiger partial charge in [-0.3, -0.25) is 29.2 Å². The Morgan fingerprint density at radius 1 is 0.436 bits per heavy atom. The molecule has 0 saturated carbocycles. The summed E-state index contributed by atoms with van der Waals surface area (Å²) in [5.74, 6) is 4.03. The third-order valence-electron chi connectivity index (χ3n) is 28.3. The van der Waals surface area contributed by atoms with Crippen LogP contribution in [0.5, 0.6) is 0 Å². The molecule has 0 aliphatic carbocycles. The Bertz CT molecular complexity index is 3690. The summed E-state index contributed by atoms with van der Waals surface area (Å²) in [6.07, 6.45) is 19.5. The lowest BCUT2D eigenvalue weighted by atomic mass is 9.79. The van der Waals surface area contributed by atoms with Crippen molar-refractivity contribution in [1.82, 2.24) is 88.6 Å². The van der Waals surface area contributed by atoms with E-state index in [9.17, 15) is 45.4 Å². The molecule has 133 heavy (non-hydrogen) atoms. The topological polar surface area (TPSA) is 194 Å². The standard InChI is InChI=1S/C15H21F3N2.C14H22N2O.2C13H26N2O.C12H18F3N3O.C12H20FN3O.C12H21N3O.C9H20N2O/c1-19-9-7-14(8-10-19)20(12-15(16,17)18)11-13-5-3-2-4-6-13;1-15-9-7-14(8-10-15)16(11-12-17)13-5-3-2-4-6-13;1-6-15(11(2)16)13(3,4)12-7-9-14(5)10-8-12;1-5-13(15(6-2)11(3)16)12-7-9-14(4)10-8-12;1-17-4-2-10(3-5-17)18(8-12(13,14)15)7-11-6-16-9-19-11;1-15-5-2-11(3-6-15)16(7-4-13)9-12-8-14-10-17-12;1-3-15(9-12-8-13-10-16-12)11-4-6-14(2)7-5-11;1-4-11(12-3)9-5-7-10(2)8-6-9/h2-6,14H,7-12H2,1H3;2-6,14,17H,7-12H2,1H3;12H,6-10H2,1-5H3;12-13H,5-10H2,1-4H3;6,9-10H,2-5,7-8H2,1H3;8,10-11H,2-7,9H2,1H3;8,10-11H,3-7,9H2,1-2H3;9H,4-8H2,1-3H3. The first-order valence-electron chi connectivity index (χ1n) is 49.6. The number of hydrogen-bond acceptors (Lipinski definition) is 24. The SMILES string of the molecule is CCC(C1CCN(C)CC1)N(CC)C(C)=O.CCN(C(C)=O)C(C)(C)C1CCN(C)CC1.CCN(Cc1cnco1)C1CCN(C)CC1.CCN(OC)C1CCN(C)CC1.CN1CCC(N(CCF)Cc2cnco2)CC1.CN1CCC(N(CCO)c2ccccc2)CC1.CN1CCC(N(Cc2ccccc2)CC(F)(F)F)CC1.CN1CCC(N(Cc2cnco2)CC(F)(F)F)CC1. The molecule has 5 aromatic rings. The lowest BCUT2D eigenvalue weighted by molar-refractivity contribution is -0.167. The fraction of sp³-hybridized carbons (Fsp3) is 0.770. The zero-order valence-corrected chi connectivity index (χ0v) is 84.7. The predicted molar refractivity (Wildman–Crippen MR) is 519 cm³/mol. The minimum atomic E-state index is -4.19. The average molecular weight is 1890 g/mol. The van der Waals surface area contributed by atoms with Crippen molar-refractivity contribution < 1.29 is 63.5 Å². The second kappa shape index (κ2) is 61.9. The highest BCUT2D eigenvalue weighted by Crippen LogP contribution is 2.34. The molecule has 33 heteroatoms. The first kappa shape index (κ1) is 115. The second-order valence-electron chi connectivity index (χ2n) is 38.4. The molecule has 3 aromatic heterocycles. The number of rotatable bonds is 31. The number of oxazole rings is 3. The van der Waals surface area contributed by atoms with Gasteiger partial charge in [-0.2, -0.15) is 31.4 Å². The van der Waals surface area contributed by atoms with Crippen LogP contribution in [0.2, 0.25) is 0 Å². The summed E-state index contributed by atoms with van der Waals surface area (Å²) in [7, 11) is 18.8. The van der Waals surface area contributed by atoms with Gasteiger partial charge in [-0.1, -0.05) is 69.3 Å². The van der Waals surface area contributed by atoms with Gasteiger partial charge in [-0.15, -0.1) is 0 Å². The summed E-state index contributed by atoms with van der Waals surface area (Å²) in [4.78, 5) is 72.8. The number of aliphatic hydroxyl groups is 1. The van der Waals surface area contributed by atoms with Gasteiger partial charge in [0.25, 0.3) is 0 Å². The van der Waals surface area contributed by atoms with E-state index in [-0.39, 0.29) is 49.3 Å². The molecular formula is C100H174F7N19O7. The summed E-state index contributed by atoms with van der Waals surface area (Å²) in [6.45, 7) is 41.1. The number of benzene rings is 2. The van der Waals surface area contributed by atoms with Crippen molar-refractivity contribution in [3.05, 3.63) is 121 Å². The lowest BCUT2D eigenvalue weighted by Crippen LogP contribution is -2.54. The van der Waals surface area contributed by atoms with Gasteiger partial charge in [-0.25, -0.2) is 19.3 Å². The molecule has 1 N–H and O–H groups in total. The molecule has 2 aromatic carbocycles. The number of alkyl halides is 7. The van der Waals surface area contributed by atoms with Gasteiger partial charge in [-0.05, 0) is 334 Å². The number of hydroxylamine groups is 2. The van der Waals surface area contributed by atoms with Gasteiger partial charge in [0.05, 0.1) is 65.0 Å². The molecule has 26 nitrogen and oxygen atoms in total.